The standard InChI is InChI=1S/12CN.2Mn.3Sr/c12*1-2;;;;;/q;;;;;;;;;;;;2*-3;3*+2. The number of nitrogens with zero attached hydrogens (tertiary/aromatic N) is 12. The number of hydrogen-bond acceptors (Lipinski definition) is 12. The van der Waals surface area contributed by atoms with E-state index in [1.807, 2.05) is 0 Å². The molecule has 0 heterocycles. The summed E-state index contributed by atoms with van der Waals surface area (Å²) in [7, 11) is -12.6. The summed E-state index contributed by atoms with van der Waals surface area (Å²) in [5.74, 6) is 0. The van der Waals surface area contributed by atoms with Crippen molar-refractivity contribution in [3.8, 4) is 59.6 Å². The topological polar surface area (TPSA) is 285 Å². The summed E-state index contributed by atoms with van der Waals surface area (Å²) in [4.78, 5) is 12.5. The fourth-order valence-electron chi connectivity index (χ4n) is 0.567. The van der Waals surface area contributed by atoms with Gasteiger partial charge >= 0.3 is 281 Å². The summed E-state index contributed by atoms with van der Waals surface area (Å²) < 4.78 is 0. The van der Waals surface area contributed by atoms with Gasteiger partial charge < -0.3 is 0 Å². The molecule has 0 radical (unpaired) electrons. The molecular formula is C12Mn2N12Sr3. The van der Waals surface area contributed by atoms with E-state index >= 15 is 0 Å². The summed E-state index contributed by atoms with van der Waals surface area (Å²) >= 11 is 0. The van der Waals surface area contributed by atoms with Crippen molar-refractivity contribution in [2.24, 2.45) is 0 Å². The van der Waals surface area contributed by atoms with Gasteiger partial charge in [-0.3, -0.25) is 0 Å². The molecule has 0 amide bonds. The third-order valence-electron chi connectivity index (χ3n) is 2.54. The first kappa shape index (κ1) is 38.9. The van der Waals surface area contributed by atoms with Crippen molar-refractivity contribution >= 4 is 136 Å². The van der Waals surface area contributed by atoms with Gasteiger partial charge in [0.15, 0.2) is 0 Å². The van der Waals surface area contributed by atoms with Crippen LogP contribution < -0.4 is 0 Å². The molecule has 17 heteroatoms. The molecule has 128 valence electrons. The van der Waals surface area contributed by atoms with Gasteiger partial charge in [-0.25, -0.2) is 0 Å². The SMILES string of the molecule is N#[C][Mn-3]([C]#N)([C]#N)([C]#N)([C]#N)[C]#N.N#[C][Mn-3]([C]#N)([C]#N)([C]#N)([C]#N)[C]#N.[Sr+2].[Sr+2].[Sr+2]. The maximum atomic E-state index is 8.58. The zero-order chi connectivity index (χ0) is 21.3. The number of hydrogen-bond donors (Lipinski definition) is 0. The van der Waals surface area contributed by atoms with E-state index < -0.39 is 21.5 Å². The predicted octanol–water partition coefficient (Wildman–Crippen LogP) is -0.946. The largest absolute Gasteiger partial charge is 2.00 e. The summed E-state index contributed by atoms with van der Waals surface area (Å²) in [5, 5.41) is 103. The van der Waals surface area contributed by atoms with Crippen molar-refractivity contribution in [1.29, 1.82) is 63.1 Å². The quantitative estimate of drug-likeness (QED) is 0.279. The minimum Gasteiger partial charge on any atom is 2.00 e. The summed E-state index contributed by atoms with van der Waals surface area (Å²) in [6, 6.07) is 0. The first-order valence-corrected chi connectivity index (χ1v) is 12.0. The summed E-state index contributed by atoms with van der Waals surface area (Å²) in [5.41, 5.74) is 0. The van der Waals surface area contributed by atoms with Crippen LogP contribution in [-0.2, 0) is 21.5 Å². The van der Waals surface area contributed by atoms with Gasteiger partial charge in [-0.15, -0.1) is 0 Å². The Morgan fingerprint density at radius 1 is 0.241 bits per heavy atom. The van der Waals surface area contributed by atoms with Gasteiger partial charge in [0.25, 0.3) is 0 Å². The van der Waals surface area contributed by atoms with Crippen LogP contribution >= 0.6 is 0 Å². The van der Waals surface area contributed by atoms with Crippen LogP contribution in [0.5, 0.6) is 0 Å². The summed E-state index contributed by atoms with van der Waals surface area (Å²) in [6.45, 7) is 0. The van der Waals surface area contributed by atoms with Crippen LogP contribution in [0.2, 0.25) is 0 Å². The number of rotatable bonds is 0. The van der Waals surface area contributed by atoms with Gasteiger partial charge in [0.1, 0.15) is 0 Å². The zero-order valence-electron chi connectivity index (χ0n) is 14.2. The molecule has 12 nitrogen and oxygen atoms in total. The smallest absolute Gasteiger partial charge is 2.00 e. The van der Waals surface area contributed by atoms with E-state index in [0.717, 1.165) is 59.6 Å². The Kier molecular flexibility index (Phi) is 14.9. The predicted molar refractivity (Wildman–Crippen MR) is 84.6 cm³/mol. The average Bonchev–Trinajstić information content (AvgIpc) is 2.77. The molecule has 0 atom stereocenters. The fourth-order valence-corrected chi connectivity index (χ4v) is 2.34. The minimum absolute atomic E-state index is 0. The molecule has 0 spiro atoms. The molecule has 0 aliphatic carbocycles. The molecule has 0 aromatic heterocycles. The molecule has 0 aliphatic heterocycles. The van der Waals surface area contributed by atoms with Crippen LogP contribution in [0.4, 0.5) is 0 Å². The Balaban J connectivity index is -0.000000120. The fraction of sp³-hybridized carbons (Fsp3) is 0. The minimum atomic E-state index is -6.30. The first-order chi connectivity index (χ1) is 11.9. The Morgan fingerprint density at radius 3 is 0.310 bits per heavy atom. The molecule has 0 saturated carbocycles. The van der Waals surface area contributed by atoms with Crippen molar-refractivity contribution in [2.75, 3.05) is 0 Å². The van der Waals surface area contributed by atoms with Gasteiger partial charge in [-0.2, -0.15) is 0 Å². The summed E-state index contributed by atoms with van der Waals surface area (Å²) in [6.07, 6.45) is 0. The number of nitriles is 12. The van der Waals surface area contributed by atoms with Crippen LogP contribution in [0.1, 0.15) is 0 Å². The molecule has 0 saturated heterocycles. The van der Waals surface area contributed by atoms with Gasteiger partial charge in [-0.1, -0.05) is 0 Å². The van der Waals surface area contributed by atoms with E-state index in [2.05, 4.69) is 0 Å². The maximum Gasteiger partial charge on any atom is 2.00 e. The molecule has 0 N–H and O–H groups in total. The second kappa shape index (κ2) is 11.1. The normalized spacial score (nSPS) is 12.0. The van der Waals surface area contributed by atoms with Crippen LogP contribution in [-0.4, -0.2) is 136 Å². The van der Waals surface area contributed by atoms with Crippen LogP contribution in [0, 0.1) is 123 Å². The van der Waals surface area contributed by atoms with Crippen molar-refractivity contribution in [2.45, 2.75) is 0 Å². The molecule has 0 unspecified atom stereocenters. The first-order valence-electron chi connectivity index (χ1n) is 4.95. The Morgan fingerprint density at radius 2 is 0.310 bits per heavy atom. The van der Waals surface area contributed by atoms with Gasteiger partial charge in [0.2, 0.25) is 0 Å². The van der Waals surface area contributed by atoms with Gasteiger partial charge in [0, 0.05) is 0 Å². The van der Waals surface area contributed by atoms with E-state index in [1.165, 1.54) is 0 Å². The molecule has 0 aromatic rings. The zero-order valence-corrected chi connectivity index (χ0v) is 27.0. The van der Waals surface area contributed by atoms with Crippen molar-refractivity contribution in [3.63, 3.8) is 0 Å². The average molecular weight is 685 g/mol. The molecular weight excluding hydrogens is 685 g/mol. The molecule has 0 bridgehead atoms. The third-order valence-corrected chi connectivity index (χ3v) is 10.5. The second-order valence-electron chi connectivity index (χ2n) is 3.85. The Hall–Kier alpha value is -0.639. The second-order valence-corrected chi connectivity index (χ2v) is 15.9. The molecule has 0 fully saturated rings. The van der Waals surface area contributed by atoms with Crippen molar-refractivity contribution in [1.82, 2.24) is 0 Å². The Bertz CT molecular complexity index is 890. The van der Waals surface area contributed by atoms with Crippen molar-refractivity contribution in [3.05, 3.63) is 0 Å². The van der Waals surface area contributed by atoms with Crippen LogP contribution in [0.25, 0.3) is 0 Å². The maximum absolute atomic E-state index is 8.58. The van der Waals surface area contributed by atoms with Gasteiger partial charge in [-0.05, 0) is 0 Å². The van der Waals surface area contributed by atoms with Crippen LogP contribution in [0.3, 0.4) is 0 Å². The van der Waals surface area contributed by atoms with E-state index in [1.54, 1.807) is 0 Å². The van der Waals surface area contributed by atoms with E-state index in [-0.39, 0.29) is 136 Å². The monoisotopic (exact) mass is 686 g/mol. The van der Waals surface area contributed by atoms with Crippen molar-refractivity contribution < 1.29 is 21.5 Å². The van der Waals surface area contributed by atoms with E-state index in [0.29, 0.717) is 0 Å². The van der Waals surface area contributed by atoms with Gasteiger partial charge in [0.05, 0.1) is 0 Å². The molecule has 0 aromatic carbocycles. The molecule has 29 heavy (non-hydrogen) atoms. The Labute approximate surface area is 274 Å². The molecule has 0 aliphatic rings. The van der Waals surface area contributed by atoms with Crippen LogP contribution in [0.15, 0.2) is 0 Å². The van der Waals surface area contributed by atoms with E-state index in [9.17, 15) is 0 Å². The van der Waals surface area contributed by atoms with E-state index in [4.69, 9.17) is 63.1 Å². The molecule has 0 rings (SSSR count). The third kappa shape index (κ3) is 4.99.